The standard InChI is InChI=1S/C8H9NO2.C7H6O/c1-11-7-4-2-3-6(5-7)8(9)10;1-3-7-4-2-6(1)5-8-7/h2-5H,1H3,(H2,9,10);1-4H,5H2. The summed E-state index contributed by atoms with van der Waals surface area (Å²) >= 11 is 0. The zero-order valence-electron chi connectivity index (χ0n) is 10.6. The van der Waals surface area contributed by atoms with Gasteiger partial charge in [0.05, 0.1) is 7.11 Å². The SMILES string of the molecule is COc1cccc(C(N)=O)c1.c1cc2ccc1CO2. The van der Waals surface area contributed by atoms with Crippen molar-refractivity contribution in [2.75, 3.05) is 7.11 Å². The average molecular weight is 257 g/mol. The molecule has 2 aliphatic rings. The highest BCUT2D eigenvalue weighted by atomic mass is 16.5. The second kappa shape index (κ2) is 5.91. The van der Waals surface area contributed by atoms with Crippen LogP contribution in [0.4, 0.5) is 0 Å². The molecule has 0 saturated heterocycles. The van der Waals surface area contributed by atoms with E-state index in [2.05, 4.69) is 12.1 Å². The van der Waals surface area contributed by atoms with E-state index < -0.39 is 5.91 Å². The van der Waals surface area contributed by atoms with E-state index in [1.807, 2.05) is 12.1 Å². The van der Waals surface area contributed by atoms with E-state index in [1.54, 1.807) is 31.4 Å². The van der Waals surface area contributed by atoms with Gasteiger partial charge in [-0.05, 0) is 35.9 Å². The van der Waals surface area contributed by atoms with E-state index in [0.29, 0.717) is 11.3 Å². The highest BCUT2D eigenvalue weighted by molar-refractivity contribution is 5.93. The van der Waals surface area contributed by atoms with Crippen molar-refractivity contribution in [3.63, 3.8) is 0 Å². The topological polar surface area (TPSA) is 61.5 Å². The first-order valence-corrected chi connectivity index (χ1v) is 5.84. The highest BCUT2D eigenvalue weighted by Crippen LogP contribution is 2.19. The van der Waals surface area contributed by atoms with E-state index in [4.69, 9.17) is 15.2 Å². The molecule has 0 spiro atoms. The van der Waals surface area contributed by atoms with Crippen molar-refractivity contribution in [1.29, 1.82) is 0 Å². The van der Waals surface area contributed by atoms with Crippen LogP contribution in [0.5, 0.6) is 11.5 Å². The molecule has 2 heterocycles. The Morgan fingerprint density at radius 2 is 1.95 bits per heavy atom. The van der Waals surface area contributed by atoms with Gasteiger partial charge in [0.1, 0.15) is 18.1 Å². The van der Waals surface area contributed by atoms with Gasteiger partial charge in [0.15, 0.2) is 0 Å². The Labute approximate surface area is 111 Å². The number of fused-ring (bicyclic) bond motifs is 3. The summed E-state index contributed by atoms with van der Waals surface area (Å²) in [6.07, 6.45) is 0. The van der Waals surface area contributed by atoms with Gasteiger partial charge in [-0.1, -0.05) is 18.2 Å². The minimum absolute atomic E-state index is 0.441. The monoisotopic (exact) mass is 257 g/mol. The second-order valence-corrected chi connectivity index (χ2v) is 4.03. The van der Waals surface area contributed by atoms with Crippen molar-refractivity contribution in [3.05, 3.63) is 59.7 Å². The van der Waals surface area contributed by atoms with Gasteiger partial charge in [0.2, 0.25) is 5.91 Å². The summed E-state index contributed by atoms with van der Waals surface area (Å²) in [5.41, 5.74) is 6.77. The summed E-state index contributed by atoms with van der Waals surface area (Å²) in [6, 6.07) is 14.9. The number of methoxy groups -OCH3 is 1. The van der Waals surface area contributed by atoms with Gasteiger partial charge in [-0.15, -0.1) is 0 Å². The molecule has 2 aromatic rings. The molecule has 2 bridgehead atoms. The van der Waals surface area contributed by atoms with Crippen molar-refractivity contribution in [2.24, 2.45) is 5.73 Å². The van der Waals surface area contributed by atoms with Crippen LogP contribution in [-0.2, 0) is 6.61 Å². The molecule has 0 unspecified atom stereocenters. The van der Waals surface area contributed by atoms with Crippen LogP contribution in [0.15, 0.2) is 48.5 Å². The smallest absolute Gasteiger partial charge is 0.248 e. The molecule has 4 rings (SSSR count). The summed E-state index contributed by atoms with van der Waals surface area (Å²) in [7, 11) is 1.54. The van der Waals surface area contributed by atoms with Gasteiger partial charge in [-0.2, -0.15) is 0 Å². The molecule has 0 saturated carbocycles. The molecule has 2 N–H and O–H groups in total. The quantitative estimate of drug-likeness (QED) is 0.898. The third-order valence-electron chi connectivity index (χ3n) is 2.68. The first-order valence-electron chi connectivity index (χ1n) is 5.84. The Kier molecular flexibility index (Phi) is 4.03. The van der Waals surface area contributed by atoms with Crippen molar-refractivity contribution in [1.82, 2.24) is 0 Å². The third kappa shape index (κ3) is 3.48. The predicted octanol–water partition coefficient (Wildman–Crippen LogP) is 2.37. The fraction of sp³-hybridized carbons (Fsp3) is 0.133. The lowest BCUT2D eigenvalue weighted by molar-refractivity contribution is 0.1000. The largest absolute Gasteiger partial charge is 0.497 e. The summed E-state index contributed by atoms with van der Waals surface area (Å²) < 4.78 is 10.1. The molecule has 2 aliphatic heterocycles. The van der Waals surface area contributed by atoms with Crippen molar-refractivity contribution >= 4 is 5.91 Å². The number of rotatable bonds is 2. The maximum Gasteiger partial charge on any atom is 0.248 e. The Hall–Kier alpha value is -2.49. The van der Waals surface area contributed by atoms with Crippen molar-refractivity contribution in [2.45, 2.75) is 6.61 Å². The number of hydrogen-bond donors (Lipinski definition) is 1. The number of carbonyl (C=O) groups excluding carboxylic acids is 1. The van der Waals surface area contributed by atoms with Crippen molar-refractivity contribution in [3.8, 4) is 11.5 Å². The molecule has 1 amide bonds. The van der Waals surface area contributed by atoms with Crippen LogP contribution in [-0.4, -0.2) is 13.0 Å². The first-order chi connectivity index (χ1) is 9.19. The van der Waals surface area contributed by atoms with Gasteiger partial charge in [-0.3, -0.25) is 4.79 Å². The van der Waals surface area contributed by atoms with Crippen LogP contribution in [0.25, 0.3) is 0 Å². The van der Waals surface area contributed by atoms with Gasteiger partial charge < -0.3 is 15.2 Å². The first kappa shape index (κ1) is 13.0. The maximum atomic E-state index is 10.6. The normalized spacial score (nSPS) is 11.0. The molecule has 0 aromatic heterocycles. The highest BCUT2D eigenvalue weighted by Gasteiger charge is 2.01. The lowest BCUT2D eigenvalue weighted by Crippen LogP contribution is -2.10. The van der Waals surface area contributed by atoms with E-state index in [0.717, 1.165) is 12.4 Å². The number of carbonyl (C=O) groups is 1. The second-order valence-electron chi connectivity index (χ2n) is 4.03. The Morgan fingerprint density at radius 1 is 1.21 bits per heavy atom. The number of benzene rings is 2. The predicted molar refractivity (Wildman–Crippen MR) is 72.3 cm³/mol. The zero-order chi connectivity index (χ0) is 13.7. The Bertz CT molecular complexity index is 541. The van der Waals surface area contributed by atoms with E-state index >= 15 is 0 Å². The van der Waals surface area contributed by atoms with Crippen LogP contribution in [0.2, 0.25) is 0 Å². The van der Waals surface area contributed by atoms with Gasteiger partial charge in [-0.25, -0.2) is 0 Å². The molecular weight excluding hydrogens is 242 g/mol. The minimum atomic E-state index is -0.441. The van der Waals surface area contributed by atoms with Crippen LogP contribution in [0.1, 0.15) is 15.9 Å². The van der Waals surface area contributed by atoms with E-state index in [9.17, 15) is 4.79 Å². The van der Waals surface area contributed by atoms with Crippen LogP contribution >= 0.6 is 0 Å². The van der Waals surface area contributed by atoms with Crippen LogP contribution < -0.4 is 15.2 Å². The molecule has 0 fully saturated rings. The lowest BCUT2D eigenvalue weighted by atomic mass is 10.2. The molecular formula is C15H15NO3. The fourth-order valence-electron chi connectivity index (χ4n) is 1.62. The van der Waals surface area contributed by atoms with Gasteiger partial charge >= 0.3 is 0 Å². The lowest BCUT2D eigenvalue weighted by Gasteiger charge is -2.11. The van der Waals surface area contributed by atoms with Crippen LogP contribution in [0, 0.1) is 0 Å². The number of ether oxygens (including phenoxy) is 2. The molecule has 2 aromatic carbocycles. The number of amides is 1. The molecule has 98 valence electrons. The van der Waals surface area contributed by atoms with Gasteiger partial charge in [0, 0.05) is 5.56 Å². The van der Waals surface area contributed by atoms with E-state index in [-0.39, 0.29) is 0 Å². The van der Waals surface area contributed by atoms with Gasteiger partial charge in [0.25, 0.3) is 0 Å². The fourth-order valence-corrected chi connectivity index (χ4v) is 1.62. The molecule has 0 atom stereocenters. The number of nitrogens with two attached hydrogens (primary N) is 1. The number of hydrogen-bond acceptors (Lipinski definition) is 3. The summed E-state index contributed by atoms with van der Waals surface area (Å²) in [5.74, 6) is 1.19. The molecule has 4 nitrogen and oxygen atoms in total. The Balaban J connectivity index is 0.000000146. The molecule has 0 radical (unpaired) electrons. The maximum absolute atomic E-state index is 10.6. The number of primary amides is 1. The molecule has 19 heavy (non-hydrogen) atoms. The minimum Gasteiger partial charge on any atom is -0.497 e. The third-order valence-corrected chi connectivity index (χ3v) is 2.68. The average Bonchev–Trinajstić information content (AvgIpc) is 2.50. The summed E-state index contributed by atoms with van der Waals surface area (Å²) in [5, 5.41) is 0. The zero-order valence-corrected chi connectivity index (χ0v) is 10.6. The summed E-state index contributed by atoms with van der Waals surface area (Å²) in [6.45, 7) is 0.766. The molecule has 4 heteroatoms. The Morgan fingerprint density at radius 3 is 2.32 bits per heavy atom. The van der Waals surface area contributed by atoms with Crippen molar-refractivity contribution < 1.29 is 14.3 Å². The molecule has 0 aliphatic carbocycles. The summed E-state index contributed by atoms with van der Waals surface area (Å²) in [4.78, 5) is 10.6. The van der Waals surface area contributed by atoms with E-state index in [1.165, 1.54) is 5.56 Å². The van der Waals surface area contributed by atoms with Crippen LogP contribution in [0.3, 0.4) is 0 Å².